The molecule has 6 nitrogen and oxygen atoms in total. The second kappa shape index (κ2) is 5.05. The van der Waals surface area contributed by atoms with Crippen molar-refractivity contribution in [3.8, 4) is 0 Å². The highest BCUT2D eigenvalue weighted by molar-refractivity contribution is 6.07. The zero-order chi connectivity index (χ0) is 15.0. The van der Waals surface area contributed by atoms with Crippen LogP contribution in [-0.4, -0.2) is 39.5 Å². The van der Waals surface area contributed by atoms with Crippen molar-refractivity contribution in [1.29, 1.82) is 0 Å². The van der Waals surface area contributed by atoms with Crippen LogP contribution in [-0.2, 0) is 4.79 Å². The zero-order valence-corrected chi connectivity index (χ0v) is 11.2. The standard InChI is InChI=1S/C15H14N2O4/c18-13-8-10(9-4-1-2-5-11(9)16-13)14(19)17-7-3-6-12(17)15(20)21/h1-2,4-5,8,12H,3,6-7H2,(H,16,18)(H,20,21)/t12-/m1/s1. The van der Waals surface area contributed by atoms with Crippen molar-refractivity contribution in [3.05, 3.63) is 46.2 Å². The molecule has 2 N–H and O–H groups in total. The number of rotatable bonds is 2. The lowest BCUT2D eigenvalue weighted by molar-refractivity contribution is -0.141. The Morgan fingerprint density at radius 2 is 2.05 bits per heavy atom. The number of carboxylic acid groups (broad SMARTS) is 1. The molecule has 3 rings (SSSR count). The average Bonchev–Trinajstić information content (AvgIpc) is 2.95. The lowest BCUT2D eigenvalue weighted by Crippen LogP contribution is -2.40. The van der Waals surface area contributed by atoms with Gasteiger partial charge in [0.1, 0.15) is 6.04 Å². The Balaban J connectivity index is 2.10. The number of nitrogens with zero attached hydrogens (tertiary/aromatic N) is 1. The molecule has 1 aliphatic rings. The molecule has 1 amide bonds. The topological polar surface area (TPSA) is 90.5 Å². The van der Waals surface area contributed by atoms with E-state index < -0.39 is 17.9 Å². The van der Waals surface area contributed by atoms with E-state index in [9.17, 15) is 19.5 Å². The molecule has 0 radical (unpaired) electrons. The third-order valence-electron chi connectivity index (χ3n) is 3.78. The number of likely N-dealkylation sites (tertiary alicyclic amines) is 1. The number of amides is 1. The van der Waals surface area contributed by atoms with E-state index in [1.54, 1.807) is 24.3 Å². The SMILES string of the molecule is O=C(O)[C@H]1CCCN1C(=O)c1cc(=O)[nH]c2ccccc12. The summed E-state index contributed by atoms with van der Waals surface area (Å²) in [6.07, 6.45) is 1.10. The molecule has 2 heterocycles. The molecule has 21 heavy (non-hydrogen) atoms. The van der Waals surface area contributed by atoms with Crippen LogP contribution in [0.5, 0.6) is 0 Å². The molecular formula is C15H14N2O4. The lowest BCUT2D eigenvalue weighted by Gasteiger charge is -2.22. The monoisotopic (exact) mass is 286 g/mol. The molecule has 1 fully saturated rings. The van der Waals surface area contributed by atoms with Crippen molar-refractivity contribution < 1.29 is 14.7 Å². The Morgan fingerprint density at radius 1 is 1.29 bits per heavy atom. The summed E-state index contributed by atoms with van der Waals surface area (Å²) in [5.74, 6) is -1.41. The predicted octanol–water partition coefficient (Wildman–Crippen LogP) is 1.22. The number of nitrogens with one attached hydrogen (secondary N) is 1. The smallest absolute Gasteiger partial charge is 0.326 e. The molecule has 6 heteroatoms. The second-order valence-corrected chi connectivity index (χ2v) is 5.09. The van der Waals surface area contributed by atoms with E-state index in [1.165, 1.54) is 11.0 Å². The number of carbonyl (C=O) groups excluding carboxylic acids is 1. The largest absolute Gasteiger partial charge is 0.480 e. The maximum atomic E-state index is 12.6. The number of carboxylic acids is 1. The number of hydrogen-bond donors (Lipinski definition) is 2. The van der Waals surface area contributed by atoms with Crippen LogP contribution in [0, 0.1) is 0 Å². The normalized spacial score (nSPS) is 18.1. The summed E-state index contributed by atoms with van der Waals surface area (Å²) in [6.45, 7) is 0.400. The third-order valence-corrected chi connectivity index (χ3v) is 3.78. The van der Waals surface area contributed by atoms with E-state index in [2.05, 4.69) is 4.98 Å². The summed E-state index contributed by atoms with van der Waals surface area (Å²) in [7, 11) is 0. The number of aromatic nitrogens is 1. The van der Waals surface area contributed by atoms with Crippen molar-refractivity contribution in [2.75, 3.05) is 6.54 Å². The van der Waals surface area contributed by atoms with E-state index in [4.69, 9.17) is 0 Å². The fraction of sp³-hybridized carbons (Fsp3) is 0.267. The summed E-state index contributed by atoms with van der Waals surface area (Å²) in [5.41, 5.74) is 0.449. The number of para-hydroxylation sites is 1. The summed E-state index contributed by atoms with van der Waals surface area (Å²) in [4.78, 5) is 39.6. The molecule has 0 spiro atoms. The first-order valence-corrected chi connectivity index (χ1v) is 6.74. The van der Waals surface area contributed by atoms with Gasteiger partial charge in [-0.2, -0.15) is 0 Å². The number of hydrogen-bond acceptors (Lipinski definition) is 3. The van der Waals surface area contributed by atoms with Crippen molar-refractivity contribution >= 4 is 22.8 Å². The first-order valence-electron chi connectivity index (χ1n) is 6.74. The van der Waals surface area contributed by atoms with E-state index in [0.29, 0.717) is 30.3 Å². The summed E-state index contributed by atoms with van der Waals surface area (Å²) >= 11 is 0. The Hall–Kier alpha value is -2.63. The number of aromatic amines is 1. The highest BCUT2D eigenvalue weighted by Gasteiger charge is 2.35. The zero-order valence-electron chi connectivity index (χ0n) is 11.2. The Labute approximate surface area is 120 Å². The van der Waals surface area contributed by atoms with Gasteiger partial charge in [-0.3, -0.25) is 9.59 Å². The molecule has 1 atom stereocenters. The molecule has 2 aromatic rings. The average molecular weight is 286 g/mol. The quantitative estimate of drug-likeness (QED) is 0.868. The maximum Gasteiger partial charge on any atom is 0.326 e. The van der Waals surface area contributed by atoms with Gasteiger partial charge in [-0.1, -0.05) is 18.2 Å². The minimum absolute atomic E-state index is 0.252. The van der Waals surface area contributed by atoms with Gasteiger partial charge in [0.25, 0.3) is 5.91 Å². The van der Waals surface area contributed by atoms with Gasteiger partial charge in [0.05, 0.1) is 5.56 Å². The maximum absolute atomic E-state index is 12.6. The minimum Gasteiger partial charge on any atom is -0.480 e. The van der Waals surface area contributed by atoms with Gasteiger partial charge in [0.2, 0.25) is 5.56 Å². The number of carbonyl (C=O) groups is 2. The highest BCUT2D eigenvalue weighted by Crippen LogP contribution is 2.23. The van der Waals surface area contributed by atoms with Gasteiger partial charge in [-0.15, -0.1) is 0 Å². The molecule has 1 aromatic heterocycles. The molecular weight excluding hydrogens is 272 g/mol. The summed E-state index contributed by atoms with van der Waals surface area (Å²) in [5, 5.41) is 9.81. The molecule has 0 aliphatic carbocycles. The lowest BCUT2D eigenvalue weighted by atomic mass is 10.1. The highest BCUT2D eigenvalue weighted by atomic mass is 16.4. The Kier molecular flexibility index (Phi) is 3.21. The summed E-state index contributed by atoms with van der Waals surface area (Å²) < 4.78 is 0. The number of H-pyrrole nitrogens is 1. The van der Waals surface area contributed by atoms with Gasteiger partial charge in [-0.25, -0.2) is 4.79 Å². The first kappa shape index (κ1) is 13.4. The Morgan fingerprint density at radius 3 is 2.81 bits per heavy atom. The number of aliphatic carboxylic acids is 1. The summed E-state index contributed by atoms with van der Waals surface area (Å²) in [6, 6.07) is 7.42. The van der Waals surface area contributed by atoms with Crippen LogP contribution in [0.1, 0.15) is 23.2 Å². The molecule has 1 aromatic carbocycles. The van der Waals surface area contributed by atoms with Gasteiger partial charge >= 0.3 is 5.97 Å². The second-order valence-electron chi connectivity index (χ2n) is 5.09. The van der Waals surface area contributed by atoms with Crippen LogP contribution < -0.4 is 5.56 Å². The molecule has 0 unspecified atom stereocenters. The van der Waals surface area contributed by atoms with Crippen molar-refractivity contribution in [1.82, 2.24) is 9.88 Å². The van der Waals surface area contributed by atoms with Crippen molar-refractivity contribution in [3.63, 3.8) is 0 Å². The van der Waals surface area contributed by atoms with Crippen LogP contribution in [0.25, 0.3) is 10.9 Å². The van der Waals surface area contributed by atoms with Gasteiger partial charge in [0.15, 0.2) is 0 Å². The van der Waals surface area contributed by atoms with E-state index in [0.717, 1.165) is 0 Å². The van der Waals surface area contributed by atoms with Crippen molar-refractivity contribution in [2.45, 2.75) is 18.9 Å². The predicted molar refractivity (Wildman–Crippen MR) is 76.3 cm³/mol. The number of pyridine rings is 1. The van der Waals surface area contributed by atoms with Crippen LogP contribution in [0.4, 0.5) is 0 Å². The fourth-order valence-electron chi connectivity index (χ4n) is 2.80. The molecule has 108 valence electrons. The van der Waals surface area contributed by atoms with Crippen LogP contribution in [0.15, 0.2) is 35.1 Å². The van der Waals surface area contributed by atoms with E-state index >= 15 is 0 Å². The minimum atomic E-state index is -1.00. The van der Waals surface area contributed by atoms with Gasteiger partial charge in [0, 0.05) is 23.5 Å². The first-order chi connectivity index (χ1) is 10.1. The molecule has 0 saturated carbocycles. The number of fused-ring (bicyclic) bond motifs is 1. The van der Waals surface area contributed by atoms with E-state index in [1.807, 2.05) is 0 Å². The molecule has 1 aliphatic heterocycles. The van der Waals surface area contributed by atoms with Gasteiger partial charge < -0.3 is 15.0 Å². The van der Waals surface area contributed by atoms with Gasteiger partial charge in [-0.05, 0) is 18.9 Å². The fourth-order valence-corrected chi connectivity index (χ4v) is 2.80. The number of benzene rings is 1. The van der Waals surface area contributed by atoms with Crippen LogP contribution in [0.2, 0.25) is 0 Å². The molecule has 1 saturated heterocycles. The van der Waals surface area contributed by atoms with Crippen LogP contribution >= 0.6 is 0 Å². The molecule has 0 bridgehead atoms. The van der Waals surface area contributed by atoms with Crippen molar-refractivity contribution in [2.24, 2.45) is 0 Å². The third kappa shape index (κ3) is 2.29. The van der Waals surface area contributed by atoms with Crippen LogP contribution in [0.3, 0.4) is 0 Å². The van der Waals surface area contributed by atoms with E-state index in [-0.39, 0.29) is 11.1 Å². The Bertz CT molecular complexity index is 781.